The molecule has 3 saturated heterocycles. The van der Waals surface area contributed by atoms with Gasteiger partial charge in [-0.25, -0.2) is 9.97 Å². The summed E-state index contributed by atoms with van der Waals surface area (Å²) in [7, 11) is 1.46. The molecule has 0 bridgehead atoms. The number of likely N-dealkylation sites (N-methyl/N-ethyl adjacent to an activating group) is 1. The van der Waals surface area contributed by atoms with Crippen LogP contribution in [0.15, 0.2) is 79.1 Å². The Morgan fingerprint density at radius 2 is 1.48 bits per heavy atom. The number of nitrogens with two attached hydrogens (primary N) is 1. The van der Waals surface area contributed by atoms with Crippen LogP contribution in [0.25, 0.3) is 0 Å². The molecule has 16 heteroatoms. The van der Waals surface area contributed by atoms with Gasteiger partial charge in [0.05, 0.1) is 22.4 Å². The molecule has 8 rings (SSSR count). The van der Waals surface area contributed by atoms with Crippen LogP contribution in [0.5, 0.6) is 11.5 Å². The number of likely N-dealkylation sites (tertiary alicyclic amines) is 2. The van der Waals surface area contributed by atoms with Crippen LogP contribution in [0.2, 0.25) is 0 Å². The lowest BCUT2D eigenvalue weighted by Gasteiger charge is -2.40. The van der Waals surface area contributed by atoms with E-state index in [-0.39, 0.29) is 30.4 Å². The molecule has 3 amide bonds. The number of ether oxygens (including phenoxy) is 1. The van der Waals surface area contributed by atoms with E-state index in [1.54, 1.807) is 12.1 Å². The monoisotopic (exact) mass is 869 g/mol. The second kappa shape index (κ2) is 20.5. The number of carbonyl (C=O) groups excluding carboxylic acids is 4. The molecule has 4 aromatic rings. The number of hydrogen-bond donors (Lipinski definition) is 4. The molecular weight excluding hydrogens is 811 g/mol. The Balaban J connectivity index is 0.741. The Morgan fingerprint density at radius 3 is 2.16 bits per heavy atom. The van der Waals surface area contributed by atoms with Crippen molar-refractivity contribution in [1.82, 2.24) is 34.9 Å². The third-order valence-corrected chi connectivity index (χ3v) is 13.2. The molecule has 4 aliphatic rings. The molecular formula is C48H59N11O5. The molecule has 4 aliphatic heterocycles. The first-order valence-electron chi connectivity index (χ1n) is 22.6. The van der Waals surface area contributed by atoms with Crippen LogP contribution >= 0.6 is 0 Å². The van der Waals surface area contributed by atoms with E-state index in [9.17, 15) is 19.2 Å². The van der Waals surface area contributed by atoms with Crippen LogP contribution in [0, 0.1) is 11.3 Å². The highest BCUT2D eigenvalue weighted by Gasteiger charge is 2.43. The molecule has 0 aliphatic carbocycles. The fourth-order valence-corrected chi connectivity index (χ4v) is 9.43. The Hall–Kier alpha value is -6.23. The molecule has 1 atom stereocenters. The summed E-state index contributed by atoms with van der Waals surface area (Å²) in [6, 6.07) is 21.6. The van der Waals surface area contributed by atoms with Crippen molar-refractivity contribution in [2.45, 2.75) is 50.6 Å². The average molecular weight is 870 g/mol. The number of imide groups is 1. The van der Waals surface area contributed by atoms with Gasteiger partial charge in [-0.3, -0.25) is 29.6 Å². The molecule has 16 nitrogen and oxygen atoms in total. The average Bonchev–Trinajstić information content (AvgIpc) is 3.57. The van der Waals surface area contributed by atoms with Crippen molar-refractivity contribution in [2.75, 3.05) is 95.0 Å². The molecule has 336 valence electrons. The lowest BCUT2D eigenvalue weighted by molar-refractivity contribution is -0.124. The number of aldehydes is 1. The standard InChI is InChI=1S/C48H59N11O5/c1-51-46(61)41(8-5-29-60)59-47(62)39-14-11-36(30-40(39)48(59)63)58-27-25-57(26-28-58)31-33-15-19-55(20-16-33)23-24-56-21-17-35(18-22-56)54-45-42(44(50)52-32-53-45)43(49)34-9-12-38(13-10-34)64-37-6-3-2-4-7-37/h2-4,6-7,9-14,29-30,32-33,35,41,49H,5,8,15-28,31H2,1H3,(H,51,61)(H3,50,52,53,54). The van der Waals surface area contributed by atoms with Gasteiger partial charge in [0.25, 0.3) is 11.8 Å². The van der Waals surface area contributed by atoms with Gasteiger partial charge < -0.3 is 40.6 Å². The van der Waals surface area contributed by atoms with Crippen molar-refractivity contribution in [3.8, 4) is 11.5 Å². The number of aromatic nitrogens is 2. The Morgan fingerprint density at radius 1 is 0.828 bits per heavy atom. The van der Waals surface area contributed by atoms with Crippen molar-refractivity contribution >= 4 is 47.0 Å². The largest absolute Gasteiger partial charge is 0.457 e. The summed E-state index contributed by atoms with van der Waals surface area (Å²) in [6.07, 6.45) is 6.65. The summed E-state index contributed by atoms with van der Waals surface area (Å²) in [5.41, 5.74) is 9.33. The number of rotatable bonds is 17. The minimum atomic E-state index is -1.02. The number of nitrogen functional groups attached to an aromatic ring is 1. The van der Waals surface area contributed by atoms with E-state index in [4.69, 9.17) is 15.9 Å². The molecule has 3 aromatic carbocycles. The lowest BCUT2D eigenvalue weighted by atomic mass is 9.95. The van der Waals surface area contributed by atoms with Gasteiger partial charge in [-0.05, 0) is 106 Å². The molecule has 64 heavy (non-hydrogen) atoms. The van der Waals surface area contributed by atoms with E-state index in [0.29, 0.717) is 46.0 Å². The normalized spacial score (nSPS) is 18.5. The molecule has 0 saturated carbocycles. The fraction of sp³-hybridized carbons (Fsp3) is 0.438. The molecule has 0 spiro atoms. The van der Waals surface area contributed by atoms with E-state index in [2.05, 4.69) is 40.2 Å². The molecule has 3 fully saturated rings. The van der Waals surface area contributed by atoms with Crippen LogP contribution in [0.4, 0.5) is 17.3 Å². The predicted molar refractivity (Wildman–Crippen MR) is 246 cm³/mol. The molecule has 1 unspecified atom stereocenters. The Labute approximate surface area is 374 Å². The molecule has 5 N–H and O–H groups in total. The number of para-hydroxylation sites is 1. The third kappa shape index (κ3) is 10.2. The van der Waals surface area contributed by atoms with Gasteiger partial charge in [0.2, 0.25) is 5.91 Å². The van der Waals surface area contributed by atoms with E-state index >= 15 is 0 Å². The molecule has 1 aromatic heterocycles. The first-order valence-corrected chi connectivity index (χ1v) is 22.6. The maximum atomic E-state index is 13.4. The number of nitrogens with zero attached hydrogens (tertiary/aromatic N) is 7. The van der Waals surface area contributed by atoms with Gasteiger partial charge >= 0.3 is 0 Å². The zero-order chi connectivity index (χ0) is 44.6. The number of anilines is 3. The van der Waals surface area contributed by atoms with E-state index in [1.807, 2.05) is 60.7 Å². The first kappa shape index (κ1) is 44.4. The maximum Gasteiger partial charge on any atom is 0.262 e. The van der Waals surface area contributed by atoms with Crippen molar-refractivity contribution in [3.05, 3.63) is 101 Å². The number of nitrogens with one attached hydrogen (secondary N) is 3. The maximum absolute atomic E-state index is 13.4. The highest BCUT2D eigenvalue weighted by molar-refractivity contribution is 6.23. The van der Waals surface area contributed by atoms with E-state index in [1.165, 1.54) is 26.2 Å². The number of amides is 3. The van der Waals surface area contributed by atoms with Crippen molar-refractivity contribution in [2.24, 2.45) is 5.92 Å². The number of benzene rings is 3. The summed E-state index contributed by atoms with van der Waals surface area (Å²) in [6.45, 7) is 10.9. The molecule has 5 heterocycles. The van der Waals surface area contributed by atoms with E-state index in [0.717, 1.165) is 101 Å². The van der Waals surface area contributed by atoms with E-state index < -0.39 is 23.8 Å². The number of fused-ring (bicyclic) bond motifs is 1. The van der Waals surface area contributed by atoms with Gasteiger partial charge in [0, 0.05) is 89.7 Å². The topological polar surface area (TPSA) is 193 Å². The summed E-state index contributed by atoms with van der Waals surface area (Å²) in [4.78, 5) is 70.1. The second-order valence-electron chi connectivity index (χ2n) is 17.2. The van der Waals surface area contributed by atoms with Crippen molar-refractivity contribution in [1.29, 1.82) is 5.41 Å². The SMILES string of the molecule is CNC(=O)C(CCC=O)N1C(=O)c2ccc(N3CCN(CC4CCN(CCN5CCC(Nc6ncnc(N)c6C(=N)c6ccc(Oc7ccccc7)cc6)CC5)CC4)CC3)cc2C1=O. The van der Waals surface area contributed by atoms with Gasteiger partial charge in [-0.15, -0.1) is 0 Å². The van der Waals surface area contributed by atoms with Crippen LogP contribution in [0.3, 0.4) is 0 Å². The third-order valence-electron chi connectivity index (χ3n) is 13.2. The van der Waals surface area contributed by atoms with Crippen LogP contribution in [-0.4, -0.2) is 150 Å². The number of hydrogen-bond acceptors (Lipinski definition) is 14. The summed E-state index contributed by atoms with van der Waals surface area (Å²) < 4.78 is 5.93. The summed E-state index contributed by atoms with van der Waals surface area (Å²) in [5.74, 6) is 1.53. The highest BCUT2D eigenvalue weighted by Crippen LogP contribution is 2.32. The van der Waals surface area contributed by atoms with Crippen molar-refractivity contribution in [3.63, 3.8) is 0 Å². The van der Waals surface area contributed by atoms with Crippen LogP contribution in [0.1, 0.15) is 70.4 Å². The summed E-state index contributed by atoms with van der Waals surface area (Å²) >= 11 is 0. The quantitative estimate of drug-likeness (QED) is 0.0665. The zero-order valence-corrected chi connectivity index (χ0v) is 36.6. The number of piperidine rings is 2. The van der Waals surface area contributed by atoms with Gasteiger partial charge in [-0.1, -0.05) is 18.2 Å². The van der Waals surface area contributed by atoms with Gasteiger partial charge in [-0.2, -0.15) is 0 Å². The molecule has 0 radical (unpaired) electrons. The van der Waals surface area contributed by atoms with Crippen molar-refractivity contribution < 1.29 is 23.9 Å². The smallest absolute Gasteiger partial charge is 0.262 e. The Bertz CT molecular complexity index is 2290. The first-order chi connectivity index (χ1) is 31.2. The Kier molecular flexibility index (Phi) is 14.2. The lowest BCUT2D eigenvalue weighted by Crippen LogP contribution is -2.49. The zero-order valence-electron chi connectivity index (χ0n) is 36.6. The van der Waals surface area contributed by atoms with Crippen LogP contribution in [-0.2, 0) is 9.59 Å². The minimum absolute atomic E-state index is 0.0744. The van der Waals surface area contributed by atoms with Crippen LogP contribution < -0.4 is 26.0 Å². The fourth-order valence-electron chi connectivity index (χ4n) is 9.43. The van der Waals surface area contributed by atoms with Gasteiger partial charge in [0.1, 0.15) is 41.8 Å². The highest BCUT2D eigenvalue weighted by atomic mass is 16.5. The minimum Gasteiger partial charge on any atom is -0.457 e. The summed E-state index contributed by atoms with van der Waals surface area (Å²) in [5, 5.41) is 15.2. The number of piperazine rings is 1. The van der Waals surface area contributed by atoms with Gasteiger partial charge in [0.15, 0.2) is 0 Å². The second-order valence-corrected chi connectivity index (χ2v) is 17.2. The predicted octanol–water partition coefficient (Wildman–Crippen LogP) is 4.37. The number of carbonyl (C=O) groups is 4.